The van der Waals surface area contributed by atoms with E-state index in [0.717, 1.165) is 39.0 Å². The maximum atomic E-state index is 7.03. The lowest BCUT2D eigenvalue weighted by molar-refractivity contribution is 0.669. The molecule has 3 aliphatic carbocycles. The quantitative estimate of drug-likeness (QED) is 0.158. The molecule has 0 fully saturated rings. The van der Waals surface area contributed by atoms with Crippen molar-refractivity contribution in [3.63, 3.8) is 0 Å². The first kappa shape index (κ1) is 42.7. The fourth-order valence-electron chi connectivity index (χ4n) is 14.0. The third-order valence-electron chi connectivity index (χ3n) is 17.0. The third kappa shape index (κ3) is 5.81. The maximum Gasteiger partial charge on any atom is 0.159 e. The van der Waals surface area contributed by atoms with Gasteiger partial charge in [-0.2, -0.15) is 0 Å². The molecule has 0 aliphatic heterocycles. The molecule has 1 aromatic heterocycles. The highest BCUT2D eigenvalue weighted by Crippen LogP contribution is 2.65. The van der Waals surface area contributed by atoms with E-state index < -0.39 is 10.8 Å². The van der Waals surface area contributed by atoms with Gasteiger partial charge in [0.15, 0.2) is 5.58 Å². The molecule has 12 aromatic carbocycles. The van der Waals surface area contributed by atoms with Crippen LogP contribution in [0.25, 0.3) is 77.6 Å². The van der Waals surface area contributed by atoms with Gasteiger partial charge in [0.05, 0.1) is 22.2 Å². The van der Waals surface area contributed by atoms with E-state index in [1.165, 1.54) is 100 Å². The standard InChI is InChI=1S/C74H47NO/c1-3-21-48(22-4-1)50-25-17-27-52(45-50)73(53-28-18-26-51(46-53)49-23-5-2-6-24-49)62-35-12-9-31-57(62)61-47-54(43-44-66(61)73)75(69-41-19-34-59-58-32-11-16-42-70(58)76-72(59)69)68-40-20-39-67-71(68)60-33-10-15-38-65(60)74(67)63-36-13-7-29-55(63)56-30-8-14-37-64(56)74/h1-47H. The van der Waals surface area contributed by atoms with Crippen molar-refractivity contribution in [2.24, 2.45) is 0 Å². The normalized spacial score (nSPS) is 13.7. The predicted molar refractivity (Wildman–Crippen MR) is 313 cm³/mol. The molecule has 0 saturated carbocycles. The Labute approximate surface area is 442 Å². The van der Waals surface area contributed by atoms with E-state index in [9.17, 15) is 0 Å². The lowest BCUT2D eigenvalue weighted by Gasteiger charge is -2.35. The minimum Gasteiger partial charge on any atom is -0.454 e. The molecule has 0 unspecified atom stereocenters. The van der Waals surface area contributed by atoms with Crippen LogP contribution >= 0.6 is 0 Å². The van der Waals surface area contributed by atoms with Crippen LogP contribution in [0.4, 0.5) is 17.1 Å². The highest BCUT2D eigenvalue weighted by Gasteiger charge is 2.53. The summed E-state index contributed by atoms with van der Waals surface area (Å²) in [5.41, 5.74) is 26.1. The van der Waals surface area contributed by atoms with Gasteiger partial charge < -0.3 is 9.32 Å². The van der Waals surface area contributed by atoms with Gasteiger partial charge in [-0.25, -0.2) is 0 Å². The van der Waals surface area contributed by atoms with E-state index in [2.05, 4.69) is 290 Å². The first-order chi connectivity index (χ1) is 37.7. The average molecular weight is 966 g/mol. The second-order valence-corrected chi connectivity index (χ2v) is 20.6. The fraction of sp³-hybridized carbons (Fsp3) is 0.0270. The topological polar surface area (TPSA) is 16.4 Å². The third-order valence-corrected chi connectivity index (χ3v) is 17.0. The van der Waals surface area contributed by atoms with Gasteiger partial charge in [0, 0.05) is 22.0 Å². The Bertz CT molecular complexity index is 4360. The Kier molecular flexibility index (Phi) is 9.20. The minimum atomic E-state index is -0.661. The summed E-state index contributed by atoms with van der Waals surface area (Å²) in [5.74, 6) is 0. The average Bonchev–Trinajstić information content (AvgIpc) is 4.38. The zero-order valence-corrected chi connectivity index (χ0v) is 41.5. The second kappa shape index (κ2) is 16.4. The number of hydrogen-bond donors (Lipinski definition) is 0. The molecule has 0 radical (unpaired) electrons. The highest BCUT2D eigenvalue weighted by atomic mass is 16.3. The largest absolute Gasteiger partial charge is 0.454 e. The molecule has 1 spiro atoms. The van der Waals surface area contributed by atoms with Crippen LogP contribution in [0.5, 0.6) is 0 Å². The maximum absolute atomic E-state index is 7.03. The van der Waals surface area contributed by atoms with Crippen LogP contribution in [0, 0.1) is 0 Å². The van der Waals surface area contributed by atoms with Crippen LogP contribution < -0.4 is 4.90 Å². The van der Waals surface area contributed by atoms with Crippen molar-refractivity contribution in [2.45, 2.75) is 10.8 Å². The van der Waals surface area contributed by atoms with E-state index in [4.69, 9.17) is 4.42 Å². The molecule has 0 N–H and O–H groups in total. The van der Waals surface area contributed by atoms with Gasteiger partial charge in [0.2, 0.25) is 0 Å². The predicted octanol–water partition coefficient (Wildman–Crippen LogP) is 19.1. The summed E-state index contributed by atoms with van der Waals surface area (Å²) in [4.78, 5) is 2.50. The smallest absolute Gasteiger partial charge is 0.159 e. The molecule has 354 valence electrons. The van der Waals surface area contributed by atoms with Gasteiger partial charge in [-0.3, -0.25) is 0 Å². The Morgan fingerprint density at radius 3 is 1.37 bits per heavy atom. The van der Waals surface area contributed by atoms with Crippen LogP contribution in [0.3, 0.4) is 0 Å². The number of para-hydroxylation sites is 2. The molecular weight excluding hydrogens is 919 g/mol. The number of benzene rings is 12. The van der Waals surface area contributed by atoms with Crippen molar-refractivity contribution in [3.05, 3.63) is 330 Å². The van der Waals surface area contributed by atoms with Gasteiger partial charge in [-0.15, -0.1) is 0 Å². The van der Waals surface area contributed by atoms with Crippen molar-refractivity contribution >= 4 is 39.0 Å². The number of hydrogen-bond acceptors (Lipinski definition) is 2. The summed E-state index contributed by atoms with van der Waals surface area (Å²) in [7, 11) is 0. The van der Waals surface area contributed by atoms with Gasteiger partial charge in [0.25, 0.3) is 0 Å². The monoisotopic (exact) mass is 965 g/mol. The number of rotatable bonds is 7. The molecule has 0 saturated heterocycles. The Morgan fingerprint density at radius 2 is 0.724 bits per heavy atom. The SMILES string of the molecule is c1ccc(-c2cccc(C3(c4cccc(-c5ccccc5)c4)c4ccccc4-c4cc(N(c5cccc6c5-c5ccccc5C65c6ccccc6-c6ccccc65)c5cccc6c5oc5ccccc56)ccc43)c2)cc1. The summed E-state index contributed by atoms with van der Waals surface area (Å²) in [6.07, 6.45) is 0. The number of fused-ring (bicyclic) bond motifs is 16. The molecular formula is C74H47NO. The molecule has 1 heterocycles. The number of anilines is 3. The van der Waals surface area contributed by atoms with E-state index in [-0.39, 0.29) is 0 Å². The van der Waals surface area contributed by atoms with Crippen LogP contribution in [0.15, 0.2) is 290 Å². The summed E-state index contributed by atoms with van der Waals surface area (Å²) in [6, 6.07) is 106. The minimum absolute atomic E-state index is 0.509. The van der Waals surface area contributed by atoms with Gasteiger partial charge in [0.1, 0.15) is 5.58 Å². The summed E-state index contributed by atoms with van der Waals surface area (Å²) >= 11 is 0. The molecule has 16 rings (SSSR count). The van der Waals surface area contributed by atoms with Crippen LogP contribution in [0.1, 0.15) is 44.5 Å². The molecule has 13 aromatic rings. The fourth-order valence-corrected chi connectivity index (χ4v) is 14.0. The molecule has 76 heavy (non-hydrogen) atoms. The summed E-state index contributed by atoms with van der Waals surface area (Å²) in [6.45, 7) is 0. The lowest BCUT2D eigenvalue weighted by atomic mass is 9.67. The summed E-state index contributed by atoms with van der Waals surface area (Å²) in [5, 5.41) is 2.19. The number of furan rings is 1. The summed E-state index contributed by atoms with van der Waals surface area (Å²) < 4.78 is 7.03. The van der Waals surface area contributed by atoms with Crippen LogP contribution in [-0.4, -0.2) is 0 Å². The van der Waals surface area contributed by atoms with Crippen LogP contribution in [0.2, 0.25) is 0 Å². The molecule has 2 nitrogen and oxygen atoms in total. The number of nitrogens with zero attached hydrogens (tertiary/aromatic N) is 1. The Balaban J connectivity index is 0.988. The van der Waals surface area contributed by atoms with Crippen molar-refractivity contribution < 1.29 is 4.42 Å². The van der Waals surface area contributed by atoms with Crippen LogP contribution in [-0.2, 0) is 10.8 Å². The molecule has 0 atom stereocenters. The lowest BCUT2D eigenvalue weighted by Crippen LogP contribution is -2.28. The molecule has 0 bridgehead atoms. The first-order valence-corrected chi connectivity index (χ1v) is 26.4. The zero-order chi connectivity index (χ0) is 50.0. The van der Waals surface area contributed by atoms with E-state index in [0.29, 0.717) is 0 Å². The van der Waals surface area contributed by atoms with Crippen molar-refractivity contribution in [1.29, 1.82) is 0 Å². The highest BCUT2D eigenvalue weighted by molar-refractivity contribution is 6.12. The Morgan fingerprint density at radius 1 is 0.276 bits per heavy atom. The van der Waals surface area contributed by atoms with Crippen molar-refractivity contribution in [2.75, 3.05) is 4.90 Å². The van der Waals surface area contributed by atoms with E-state index >= 15 is 0 Å². The van der Waals surface area contributed by atoms with E-state index in [1.807, 2.05) is 0 Å². The van der Waals surface area contributed by atoms with Gasteiger partial charge in [-0.1, -0.05) is 243 Å². The molecule has 0 amide bonds. The van der Waals surface area contributed by atoms with Gasteiger partial charge in [-0.05, 0) is 137 Å². The Hall–Kier alpha value is -9.76. The van der Waals surface area contributed by atoms with Gasteiger partial charge >= 0.3 is 0 Å². The zero-order valence-electron chi connectivity index (χ0n) is 41.5. The van der Waals surface area contributed by atoms with Crippen molar-refractivity contribution in [3.8, 4) is 55.6 Å². The van der Waals surface area contributed by atoms with Crippen molar-refractivity contribution in [1.82, 2.24) is 0 Å². The van der Waals surface area contributed by atoms with E-state index in [1.54, 1.807) is 0 Å². The first-order valence-electron chi connectivity index (χ1n) is 26.4. The molecule has 3 aliphatic rings. The second-order valence-electron chi connectivity index (χ2n) is 20.6. The molecule has 2 heteroatoms.